The lowest BCUT2D eigenvalue weighted by Gasteiger charge is -2.20. The minimum Gasteiger partial charge on any atom is -0.497 e. The Morgan fingerprint density at radius 1 is 1.31 bits per heavy atom. The number of rotatable bonds is 6. The highest BCUT2D eigenvalue weighted by Gasteiger charge is 2.53. The van der Waals surface area contributed by atoms with Crippen LogP contribution in [0, 0.1) is 11.8 Å². The molecule has 0 unspecified atom stereocenters. The zero-order chi connectivity index (χ0) is 19.5. The predicted octanol–water partition coefficient (Wildman–Crippen LogP) is 2.82. The summed E-state index contributed by atoms with van der Waals surface area (Å²) in [5, 5.41) is 9.08. The Hall–Kier alpha value is -2.45. The highest BCUT2D eigenvalue weighted by Crippen LogP contribution is 2.39. The maximum atomic E-state index is 13.1. The summed E-state index contributed by atoms with van der Waals surface area (Å²) >= 11 is 0. The van der Waals surface area contributed by atoms with Gasteiger partial charge in [-0.15, -0.1) is 0 Å². The number of methoxy groups -OCH3 is 1. The predicted molar refractivity (Wildman–Crippen MR) is 85.4 cm³/mol. The van der Waals surface area contributed by atoms with Gasteiger partial charge in [-0.1, -0.05) is 6.92 Å². The van der Waals surface area contributed by atoms with Gasteiger partial charge in [0, 0.05) is 19.2 Å². The van der Waals surface area contributed by atoms with Crippen LogP contribution in [0.3, 0.4) is 0 Å². The Bertz CT molecular complexity index is 677. The van der Waals surface area contributed by atoms with Gasteiger partial charge in [-0.3, -0.25) is 9.59 Å². The minimum atomic E-state index is -4.69. The summed E-state index contributed by atoms with van der Waals surface area (Å²) < 4.78 is 49.9. The number of hydrogen-bond donors (Lipinski definition) is 1. The van der Waals surface area contributed by atoms with E-state index >= 15 is 0 Å². The molecule has 0 saturated carbocycles. The Morgan fingerprint density at radius 2 is 2.00 bits per heavy atom. The third kappa shape index (κ3) is 4.20. The molecule has 144 valence electrons. The van der Waals surface area contributed by atoms with Gasteiger partial charge in [-0.2, -0.15) is 13.2 Å². The van der Waals surface area contributed by atoms with E-state index in [-0.39, 0.29) is 11.3 Å². The van der Waals surface area contributed by atoms with Gasteiger partial charge in [-0.25, -0.2) is 0 Å². The molecule has 2 atom stereocenters. The molecule has 1 aromatic rings. The molecule has 26 heavy (non-hydrogen) atoms. The average molecular weight is 375 g/mol. The number of carboxylic acid groups (broad SMARTS) is 1. The van der Waals surface area contributed by atoms with Crippen LogP contribution in [0.2, 0.25) is 0 Å². The molecule has 1 fully saturated rings. The third-order valence-electron chi connectivity index (χ3n) is 4.23. The van der Waals surface area contributed by atoms with Crippen molar-refractivity contribution in [1.82, 2.24) is 4.90 Å². The molecule has 1 aliphatic rings. The van der Waals surface area contributed by atoms with E-state index in [9.17, 15) is 22.8 Å². The lowest BCUT2D eigenvalue weighted by atomic mass is 9.96. The zero-order valence-corrected chi connectivity index (χ0v) is 14.4. The molecule has 0 spiro atoms. The lowest BCUT2D eigenvalue weighted by Crippen LogP contribution is -2.34. The van der Waals surface area contributed by atoms with E-state index < -0.39 is 43.0 Å². The summed E-state index contributed by atoms with van der Waals surface area (Å²) in [4.78, 5) is 24.8. The van der Waals surface area contributed by atoms with Gasteiger partial charge in [0.05, 0.1) is 31.1 Å². The second kappa shape index (κ2) is 7.84. The van der Waals surface area contributed by atoms with Gasteiger partial charge in [-0.05, 0) is 18.6 Å². The number of amides is 1. The molecule has 9 heteroatoms. The molecule has 0 radical (unpaired) electrons. The van der Waals surface area contributed by atoms with Gasteiger partial charge in [0.2, 0.25) is 0 Å². The van der Waals surface area contributed by atoms with Crippen LogP contribution in [0.25, 0.3) is 0 Å². The largest absolute Gasteiger partial charge is 0.497 e. The van der Waals surface area contributed by atoms with Gasteiger partial charge in [0.25, 0.3) is 5.91 Å². The molecule has 2 rings (SSSR count). The maximum absolute atomic E-state index is 13.1. The number of ether oxygens (including phenoxy) is 2. The number of carboxylic acids is 1. The number of halogens is 3. The first-order valence-electron chi connectivity index (χ1n) is 8.08. The number of hydrogen-bond acceptors (Lipinski definition) is 4. The Labute approximate surface area is 148 Å². The second-order valence-corrected chi connectivity index (χ2v) is 6.01. The molecule has 0 aromatic heterocycles. The highest BCUT2D eigenvalue weighted by molar-refractivity contribution is 5.97. The summed E-state index contributed by atoms with van der Waals surface area (Å²) in [5.74, 6) is -5.42. The smallest absolute Gasteiger partial charge is 0.394 e. The number of likely N-dealkylation sites (tertiary alicyclic amines) is 1. The number of nitrogens with zero attached hydrogens (tertiary/aromatic N) is 1. The van der Waals surface area contributed by atoms with Gasteiger partial charge < -0.3 is 19.5 Å². The first kappa shape index (κ1) is 19.9. The van der Waals surface area contributed by atoms with Crippen LogP contribution in [0.5, 0.6) is 11.5 Å². The first-order valence-corrected chi connectivity index (χ1v) is 8.08. The number of carbonyl (C=O) groups excluding carboxylic acids is 1. The van der Waals surface area contributed by atoms with Crippen LogP contribution in [-0.4, -0.2) is 54.9 Å². The summed E-state index contributed by atoms with van der Waals surface area (Å²) in [6.07, 6.45) is -4.02. The van der Waals surface area contributed by atoms with Crippen molar-refractivity contribution in [1.29, 1.82) is 0 Å². The summed E-state index contributed by atoms with van der Waals surface area (Å²) in [5.41, 5.74) is 0.0752. The Kier molecular flexibility index (Phi) is 5.99. The maximum Gasteiger partial charge on any atom is 0.394 e. The number of carbonyl (C=O) groups is 2. The topological polar surface area (TPSA) is 76.1 Å². The molecule has 1 aromatic carbocycles. The van der Waals surface area contributed by atoms with Crippen LogP contribution >= 0.6 is 0 Å². The summed E-state index contributed by atoms with van der Waals surface area (Å²) in [7, 11) is 1.44. The van der Waals surface area contributed by atoms with Crippen LogP contribution in [0.1, 0.15) is 23.7 Å². The second-order valence-electron chi connectivity index (χ2n) is 6.01. The molecule has 1 heterocycles. The van der Waals surface area contributed by atoms with Gasteiger partial charge in [0.1, 0.15) is 11.5 Å². The minimum absolute atomic E-state index is 0.0752. The summed E-state index contributed by atoms with van der Waals surface area (Å²) in [6.45, 7) is 0.986. The van der Waals surface area contributed by atoms with Crippen molar-refractivity contribution in [2.75, 3.05) is 26.8 Å². The SMILES string of the molecule is CCCOc1cc(OC)ccc1C(=O)N1C[C@@H](C(F)(F)F)[C@H](C(=O)O)C1. The van der Waals surface area contributed by atoms with Crippen molar-refractivity contribution in [3.63, 3.8) is 0 Å². The molecule has 0 bridgehead atoms. The lowest BCUT2D eigenvalue weighted by molar-refractivity contribution is -0.187. The van der Waals surface area contributed by atoms with E-state index in [0.717, 1.165) is 4.90 Å². The van der Waals surface area contributed by atoms with E-state index in [1.807, 2.05) is 6.92 Å². The fourth-order valence-corrected chi connectivity index (χ4v) is 2.86. The van der Waals surface area contributed by atoms with Gasteiger partial charge >= 0.3 is 12.1 Å². The fraction of sp³-hybridized carbons (Fsp3) is 0.529. The molecule has 1 amide bonds. The quantitative estimate of drug-likeness (QED) is 0.828. The molecule has 1 saturated heterocycles. The molecular weight excluding hydrogens is 355 g/mol. The van der Waals surface area contributed by atoms with E-state index in [1.54, 1.807) is 0 Å². The van der Waals surface area contributed by atoms with Crippen molar-refractivity contribution in [2.24, 2.45) is 11.8 Å². The molecular formula is C17H20F3NO5. The molecule has 1 aliphatic heterocycles. The van der Waals surface area contributed by atoms with Gasteiger partial charge in [0.15, 0.2) is 0 Å². The Morgan fingerprint density at radius 3 is 2.50 bits per heavy atom. The standard InChI is InChI=1S/C17H20F3NO5/c1-3-6-26-14-7-10(25-2)4-5-11(14)15(22)21-8-12(16(23)24)13(9-21)17(18,19)20/h4-5,7,12-13H,3,6,8-9H2,1-2H3,(H,23,24)/t12-,13-/m1/s1. The van der Waals surface area contributed by atoms with E-state index in [0.29, 0.717) is 18.8 Å². The summed E-state index contributed by atoms with van der Waals surface area (Å²) in [6, 6.07) is 4.38. The van der Waals surface area contributed by atoms with Crippen molar-refractivity contribution in [3.8, 4) is 11.5 Å². The molecule has 1 N–H and O–H groups in total. The van der Waals surface area contributed by atoms with E-state index in [2.05, 4.69) is 0 Å². The zero-order valence-electron chi connectivity index (χ0n) is 14.4. The van der Waals surface area contributed by atoms with Crippen LogP contribution in [0.4, 0.5) is 13.2 Å². The van der Waals surface area contributed by atoms with Crippen molar-refractivity contribution in [3.05, 3.63) is 23.8 Å². The first-order chi connectivity index (χ1) is 12.2. The molecule has 0 aliphatic carbocycles. The van der Waals surface area contributed by atoms with Crippen LogP contribution in [0.15, 0.2) is 18.2 Å². The number of benzene rings is 1. The third-order valence-corrected chi connectivity index (χ3v) is 4.23. The van der Waals surface area contributed by atoms with Crippen LogP contribution < -0.4 is 9.47 Å². The van der Waals surface area contributed by atoms with E-state index in [4.69, 9.17) is 14.6 Å². The average Bonchev–Trinajstić information content (AvgIpc) is 3.05. The normalized spacial score (nSPS) is 20.1. The van der Waals surface area contributed by atoms with Crippen LogP contribution in [-0.2, 0) is 4.79 Å². The highest BCUT2D eigenvalue weighted by atomic mass is 19.4. The number of alkyl halides is 3. The fourth-order valence-electron chi connectivity index (χ4n) is 2.86. The van der Waals surface area contributed by atoms with Crippen molar-refractivity contribution in [2.45, 2.75) is 19.5 Å². The monoisotopic (exact) mass is 375 g/mol. The van der Waals surface area contributed by atoms with E-state index in [1.165, 1.54) is 25.3 Å². The Balaban J connectivity index is 2.29. The van der Waals surface area contributed by atoms with Crippen molar-refractivity contribution >= 4 is 11.9 Å². The number of aliphatic carboxylic acids is 1. The van der Waals surface area contributed by atoms with Crippen molar-refractivity contribution < 1.29 is 37.3 Å². The molecule has 6 nitrogen and oxygen atoms in total.